The maximum Gasteiger partial charge on any atom is 0.360 e. The summed E-state index contributed by atoms with van der Waals surface area (Å²) in [7, 11) is 2.80. The Bertz CT molecular complexity index is 1630. The van der Waals surface area contributed by atoms with Gasteiger partial charge in [0.25, 0.3) is 5.88 Å². The molecule has 0 unspecified atom stereocenters. The minimum absolute atomic E-state index is 0.129. The molecule has 1 amide bonds. The van der Waals surface area contributed by atoms with Gasteiger partial charge in [-0.25, -0.2) is 49.2 Å². The standard InChI is InChI=1S/C26H20F8N6O2/c1-5-39-9-7-37(3)25(39)23(41)35-21-17(31)13(27)11(14(28)18(21)32)12-15(29)19(33)22(20(34)16(12)30)36-24(42)26-38(4)8-10-40(26)6-2/h7-10H,5-6H2,1-4H3/p+1. The summed E-state index contributed by atoms with van der Waals surface area (Å²) >= 11 is 0. The van der Waals surface area contributed by atoms with Crippen LogP contribution in [-0.2, 0) is 13.6 Å². The SMILES string of the molecule is CCN1C=CN(C)C1=C(O)N=C1C(F)=C(F)C(=C2C(F)=C(F)C(=NC(=O)c3n(CC)cc[n+]3C)C(F)=C2F)C(F)=C1F. The summed E-state index contributed by atoms with van der Waals surface area (Å²) in [6.45, 7) is 3.72. The van der Waals surface area contributed by atoms with Crippen LogP contribution < -0.4 is 4.57 Å². The van der Waals surface area contributed by atoms with Gasteiger partial charge in [0.05, 0.1) is 24.7 Å². The number of hydrogen-bond donors (Lipinski definition) is 1. The maximum absolute atomic E-state index is 15.0. The predicted molar refractivity (Wildman–Crippen MR) is 133 cm³/mol. The number of carbonyl (C=O) groups excluding carboxylic acids is 1. The quantitative estimate of drug-likeness (QED) is 0.273. The van der Waals surface area contributed by atoms with Crippen LogP contribution in [0.25, 0.3) is 0 Å². The zero-order chi connectivity index (χ0) is 31.2. The molecule has 0 atom stereocenters. The Morgan fingerprint density at radius 2 is 1.26 bits per heavy atom. The van der Waals surface area contributed by atoms with Gasteiger partial charge in [-0.15, -0.1) is 0 Å². The summed E-state index contributed by atoms with van der Waals surface area (Å²) in [4.78, 5) is 21.5. The molecule has 0 radical (unpaired) electrons. The van der Waals surface area contributed by atoms with Crippen molar-refractivity contribution in [3.05, 3.63) is 100 Å². The third-order valence-corrected chi connectivity index (χ3v) is 6.39. The van der Waals surface area contributed by atoms with Crippen LogP contribution in [0.2, 0.25) is 0 Å². The van der Waals surface area contributed by atoms with Gasteiger partial charge in [-0.3, -0.25) is 4.79 Å². The smallest absolute Gasteiger partial charge is 0.360 e. The van der Waals surface area contributed by atoms with Crippen LogP contribution in [0, 0.1) is 0 Å². The Hall–Kier alpha value is -4.76. The van der Waals surface area contributed by atoms with Crippen molar-refractivity contribution in [2.24, 2.45) is 17.0 Å². The molecule has 222 valence electrons. The average molecular weight is 601 g/mol. The molecule has 42 heavy (non-hydrogen) atoms. The number of nitrogens with zero attached hydrogens (tertiary/aromatic N) is 6. The highest BCUT2D eigenvalue weighted by Gasteiger charge is 2.42. The largest absolute Gasteiger partial charge is 0.491 e. The highest BCUT2D eigenvalue weighted by atomic mass is 19.2. The first kappa shape index (κ1) is 30.2. The fourth-order valence-corrected chi connectivity index (χ4v) is 4.30. The lowest BCUT2D eigenvalue weighted by Gasteiger charge is -2.21. The van der Waals surface area contributed by atoms with Crippen LogP contribution in [0.3, 0.4) is 0 Å². The van der Waals surface area contributed by atoms with Crippen molar-refractivity contribution in [1.29, 1.82) is 0 Å². The molecule has 1 aromatic rings. The van der Waals surface area contributed by atoms with Crippen LogP contribution in [0.5, 0.6) is 0 Å². The van der Waals surface area contributed by atoms with Gasteiger partial charge in [0.1, 0.15) is 23.8 Å². The summed E-state index contributed by atoms with van der Waals surface area (Å²) in [5.74, 6) is -22.1. The first-order chi connectivity index (χ1) is 19.8. The van der Waals surface area contributed by atoms with E-state index in [0.717, 1.165) is 0 Å². The van der Waals surface area contributed by atoms with E-state index < -0.39 is 81.0 Å². The summed E-state index contributed by atoms with van der Waals surface area (Å²) in [5.41, 5.74) is -7.77. The molecule has 0 saturated carbocycles. The first-order valence-electron chi connectivity index (χ1n) is 12.1. The number of aryl methyl sites for hydroxylation is 2. The molecular formula is C26H21F8N6O2+. The van der Waals surface area contributed by atoms with Gasteiger partial charge in [0.2, 0.25) is 0 Å². The Kier molecular flexibility index (Phi) is 8.09. The van der Waals surface area contributed by atoms with Crippen molar-refractivity contribution in [1.82, 2.24) is 14.4 Å². The van der Waals surface area contributed by atoms with Gasteiger partial charge in [-0.05, 0) is 13.8 Å². The van der Waals surface area contributed by atoms with Crippen LogP contribution in [0.15, 0.2) is 104 Å². The minimum atomic E-state index is -2.49. The van der Waals surface area contributed by atoms with Gasteiger partial charge in [-0.2, -0.15) is 4.99 Å². The number of aliphatic hydroxyl groups is 1. The molecule has 0 fully saturated rings. The molecule has 8 nitrogen and oxygen atoms in total. The van der Waals surface area contributed by atoms with Gasteiger partial charge in [0.15, 0.2) is 52.4 Å². The zero-order valence-electron chi connectivity index (χ0n) is 22.3. The summed E-state index contributed by atoms with van der Waals surface area (Å²) < 4.78 is 122. The molecular weight excluding hydrogens is 580 g/mol. The van der Waals surface area contributed by atoms with E-state index in [1.165, 1.54) is 57.8 Å². The van der Waals surface area contributed by atoms with E-state index in [-0.39, 0.29) is 24.7 Å². The summed E-state index contributed by atoms with van der Waals surface area (Å²) in [6, 6.07) is 0. The number of carbonyl (C=O) groups is 1. The highest BCUT2D eigenvalue weighted by Crippen LogP contribution is 2.46. The van der Waals surface area contributed by atoms with Crippen molar-refractivity contribution in [3.8, 4) is 0 Å². The number of rotatable bonds is 4. The molecule has 2 heterocycles. The van der Waals surface area contributed by atoms with Crippen LogP contribution in [0.4, 0.5) is 35.1 Å². The number of imidazole rings is 1. The topological polar surface area (TPSA) is 77.3 Å². The number of allylic oxidation sites excluding steroid dienone is 10. The van der Waals surface area contributed by atoms with Gasteiger partial charge in [0, 0.05) is 26.0 Å². The number of aromatic nitrogens is 2. The van der Waals surface area contributed by atoms with Crippen molar-refractivity contribution < 1.29 is 49.6 Å². The number of aliphatic imine (C=N–C) groups is 2. The van der Waals surface area contributed by atoms with E-state index in [1.54, 1.807) is 13.8 Å². The molecule has 16 heteroatoms. The zero-order valence-corrected chi connectivity index (χ0v) is 22.3. The molecule has 0 bridgehead atoms. The molecule has 0 aromatic carbocycles. The number of aliphatic hydroxyl groups excluding tert-OH is 1. The second-order valence-corrected chi connectivity index (χ2v) is 8.85. The third kappa shape index (κ3) is 4.75. The number of hydrogen-bond acceptors (Lipinski definition) is 5. The molecule has 1 aromatic heterocycles. The Morgan fingerprint density at radius 1 is 0.786 bits per heavy atom. The van der Waals surface area contributed by atoms with Crippen molar-refractivity contribution >= 4 is 17.3 Å². The highest BCUT2D eigenvalue weighted by molar-refractivity contribution is 6.18. The Balaban J connectivity index is 1.86. The van der Waals surface area contributed by atoms with Crippen molar-refractivity contribution in [2.75, 3.05) is 13.6 Å². The normalized spacial score (nSPS) is 19.3. The third-order valence-electron chi connectivity index (χ3n) is 6.39. The molecule has 0 spiro atoms. The second kappa shape index (κ2) is 11.3. The second-order valence-electron chi connectivity index (χ2n) is 8.85. The van der Waals surface area contributed by atoms with Crippen LogP contribution >= 0.6 is 0 Å². The first-order valence-corrected chi connectivity index (χ1v) is 12.1. The number of amides is 1. The van der Waals surface area contributed by atoms with Crippen molar-refractivity contribution in [3.63, 3.8) is 0 Å². The lowest BCUT2D eigenvalue weighted by Crippen LogP contribution is -2.35. The lowest BCUT2D eigenvalue weighted by atomic mass is 9.93. The molecule has 2 aliphatic carbocycles. The average Bonchev–Trinajstić information content (AvgIpc) is 3.54. The van der Waals surface area contributed by atoms with E-state index in [9.17, 15) is 27.5 Å². The summed E-state index contributed by atoms with van der Waals surface area (Å²) in [6.07, 6.45) is 5.70. The number of halogens is 8. The van der Waals surface area contributed by atoms with Gasteiger partial charge < -0.3 is 14.9 Å². The minimum Gasteiger partial charge on any atom is -0.491 e. The van der Waals surface area contributed by atoms with E-state index >= 15 is 17.6 Å². The molecule has 4 rings (SSSR count). The van der Waals surface area contributed by atoms with Crippen molar-refractivity contribution in [2.45, 2.75) is 20.4 Å². The van der Waals surface area contributed by atoms with Gasteiger partial charge in [-0.1, -0.05) is 0 Å². The van der Waals surface area contributed by atoms with E-state index in [0.29, 0.717) is 0 Å². The maximum atomic E-state index is 15.0. The van der Waals surface area contributed by atoms with E-state index in [2.05, 4.69) is 9.98 Å². The lowest BCUT2D eigenvalue weighted by molar-refractivity contribution is -0.672. The van der Waals surface area contributed by atoms with Crippen LogP contribution in [0.1, 0.15) is 24.5 Å². The van der Waals surface area contributed by atoms with E-state index in [1.807, 2.05) is 0 Å². The molecule has 1 aliphatic heterocycles. The Morgan fingerprint density at radius 3 is 1.71 bits per heavy atom. The fraction of sp³-hybridized carbons (Fsp3) is 0.231. The summed E-state index contributed by atoms with van der Waals surface area (Å²) in [5, 5.41) is 10.3. The molecule has 3 aliphatic rings. The van der Waals surface area contributed by atoms with Gasteiger partial charge >= 0.3 is 11.7 Å². The molecule has 0 saturated heterocycles. The van der Waals surface area contributed by atoms with Crippen LogP contribution in [-0.4, -0.2) is 50.4 Å². The fourth-order valence-electron chi connectivity index (χ4n) is 4.30. The van der Waals surface area contributed by atoms with E-state index in [4.69, 9.17) is 0 Å². The monoisotopic (exact) mass is 601 g/mol. The predicted octanol–water partition coefficient (Wildman–Crippen LogP) is 5.70. The molecule has 1 N–H and O–H groups in total. The Labute approximate surface area is 232 Å².